The lowest BCUT2D eigenvalue weighted by Gasteiger charge is -2.08. The van der Waals surface area contributed by atoms with Crippen molar-refractivity contribution in [2.75, 3.05) is 0 Å². The van der Waals surface area contributed by atoms with E-state index in [4.69, 9.17) is 5.11 Å². The summed E-state index contributed by atoms with van der Waals surface area (Å²) in [6.07, 6.45) is 3.14. The molecule has 0 saturated carbocycles. The number of aromatic carboxylic acids is 1. The first-order valence-corrected chi connectivity index (χ1v) is 4.98. The molecule has 0 unspecified atom stereocenters. The topological polar surface area (TPSA) is 72.2 Å². The molecule has 1 N–H and O–H groups in total. The van der Waals surface area contributed by atoms with Crippen LogP contribution in [0.15, 0.2) is 41.5 Å². The molecule has 17 heavy (non-hydrogen) atoms. The Morgan fingerprint density at radius 2 is 2.12 bits per heavy atom. The third-order valence-corrected chi connectivity index (χ3v) is 2.42. The van der Waals surface area contributed by atoms with Gasteiger partial charge >= 0.3 is 5.97 Å². The smallest absolute Gasteiger partial charge is 0.341 e. The summed E-state index contributed by atoms with van der Waals surface area (Å²) in [6, 6.07) is 6.22. The Kier molecular flexibility index (Phi) is 2.74. The van der Waals surface area contributed by atoms with Crippen LogP contribution in [-0.4, -0.2) is 20.6 Å². The molecule has 2 heterocycles. The van der Waals surface area contributed by atoms with Crippen LogP contribution in [0.25, 0.3) is 5.69 Å². The molecule has 0 bridgehead atoms. The Labute approximate surface area is 97.0 Å². The van der Waals surface area contributed by atoms with E-state index in [0.717, 1.165) is 0 Å². The number of carboxylic acid groups (broad SMARTS) is 1. The zero-order valence-electron chi connectivity index (χ0n) is 9.12. The van der Waals surface area contributed by atoms with Crippen LogP contribution in [0.4, 0.5) is 0 Å². The van der Waals surface area contributed by atoms with Gasteiger partial charge in [0.15, 0.2) is 0 Å². The van der Waals surface area contributed by atoms with Crippen LogP contribution in [0.2, 0.25) is 0 Å². The zero-order valence-corrected chi connectivity index (χ0v) is 9.12. The minimum atomic E-state index is -1.23. The number of hydrogen-bond donors (Lipinski definition) is 1. The van der Waals surface area contributed by atoms with Gasteiger partial charge in [0.25, 0.3) is 5.56 Å². The molecule has 0 spiro atoms. The first-order chi connectivity index (χ1) is 8.11. The molecule has 86 valence electrons. The summed E-state index contributed by atoms with van der Waals surface area (Å²) in [5.41, 5.74) is 0.435. The number of nitrogens with zero attached hydrogens (tertiary/aromatic N) is 2. The molecule has 0 aromatic carbocycles. The minimum absolute atomic E-state index is 0.254. The van der Waals surface area contributed by atoms with Gasteiger partial charge in [0.1, 0.15) is 5.56 Å². The van der Waals surface area contributed by atoms with Crippen molar-refractivity contribution in [2.24, 2.45) is 0 Å². The van der Waals surface area contributed by atoms with Gasteiger partial charge in [-0.25, -0.2) is 4.79 Å². The number of aromatic nitrogens is 2. The highest BCUT2D eigenvalue weighted by atomic mass is 16.4. The number of pyridine rings is 2. The van der Waals surface area contributed by atoms with Crippen molar-refractivity contribution in [1.29, 1.82) is 0 Å². The first-order valence-electron chi connectivity index (χ1n) is 4.98. The molecule has 0 fully saturated rings. The third-order valence-electron chi connectivity index (χ3n) is 2.42. The number of hydrogen-bond acceptors (Lipinski definition) is 3. The summed E-state index contributed by atoms with van der Waals surface area (Å²) >= 11 is 0. The van der Waals surface area contributed by atoms with Crippen molar-refractivity contribution >= 4 is 5.97 Å². The molecule has 0 amide bonds. The van der Waals surface area contributed by atoms with E-state index in [9.17, 15) is 9.59 Å². The fourth-order valence-corrected chi connectivity index (χ4v) is 1.58. The SMILES string of the molecule is Cc1ncccc1-n1cccc(C(=O)O)c1=O. The van der Waals surface area contributed by atoms with Gasteiger partial charge in [0.05, 0.1) is 11.4 Å². The maximum Gasteiger partial charge on any atom is 0.341 e. The van der Waals surface area contributed by atoms with Gasteiger partial charge in [-0.2, -0.15) is 0 Å². The Balaban J connectivity index is 2.70. The Hall–Kier alpha value is -2.43. The molecule has 5 heteroatoms. The van der Waals surface area contributed by atoms with Crippen LogP contribution >= 0.6 is 0 Å². The lowest BCUT2D eigenvalue weighted by Crippen LogP contribution is -2.24. The van der Waals surface area contributed by atoms with E-state index in [1.54, 1.807) is 25.3 Å². The van der Waals surface area contributed by atoms with Crippen LogP contribution in [0.5, 0.6) is 0 Å². The molecular formula is C12H10N2O3. The summed E-state index contributed by atoms with van der Waals surface area (Å²) in [6.45, 7) is 1.76. The maximum atomic E-state index is 11.9. The molecule has 0 aliphatic carbocycles. The molecule has 0 aliphatic heterocycles. The second-order valence-corrected chi connectivity index (χ2v) is 3.51. The zero-order chi connectivity index (χ0) is 12.4. The van der Waals surface area contributed by atoms with Gasteiger partial charge < -0.3 is 5.11 Å². The van der Waals surface area contributed by atoms with E-state index in [1.807, 2.05) is 0 Å². The van der Waals surface area contributed by atoms with E-state index in [0.29, 0.717) is 11.4 Å². The van der Waals surface area contributed by atoms with Crippen LogP contribution in [-0.2, 0) is 0 Å². The molecule has 0 atom stereocenters. The van der Waals surface area contributed by atoms with Gasteiger partial charge in [0.2, 0.25) is 0 Å². The summed E-state index contributed by atoms with van der Waals surface area (Å²) < 4.78 is 1.28. The highest BCUT2D eigenvalue weighted by molar-refractivity contribution is 5.87. The maximum absolute atomic E-state index is 11.9. The molecule has 0 aliphatic rings. The van der Waals surface area contributed by atoms with E-state index >= 15 is 0 Å². The normalized spacial score (nSPS) is 10.2. The molecule has 0 saturated heterocycles. The molecule has 2 rings (SSSR count). The van der Waals surface area contributed by atoms with Crippen LogP contribution in [0.3, 0.4) is 0 Å². The van der Waals surface area contributed by atoms with Crippen molar-refractivity contribution in [3.63, 3.8) is 0 Å². The summed E-state index contributed by atoms with van der Waals surface area (Å²) in [5.74, 6) is -1.23. The summed E-state index contributed by atoms with van der Waals surface area (Å²) in [5, 5.41) is 8.88. The van der Waals surface area contributed by atoms with E-state index in [1.165, 1.54) is 22.9 Å². The summed E-state index contributed by atoms with van der Waals surface area (Å²) in [4.78, 5) is 26.8. The van der Waals surface area contributed by atoms with Crippen LogP contribution < -0.4 is 5.56 Å². The van der Waals surface area contributed by atoms with Crippen molar-refractivity contribution in [2.45, 2.75) is 6.92 Å². The van der Waals surface area contributed by atoms with Crippen molar-refractivity contribution < 1.29 is 9.90 Å². The van der Waals surface area contributed by atoms with Gasteiger partial charge in [-0.1, -0.05) is 0 Å². The standard InChI is InChI=1S/C12H10N2O3/c1-8-10(5-2-6-13-8)14-7-3-4-9(11(14)15)12(16)17/h2-7H,1H3,(H,16,17). The van der Waals surface area contributed by atoms with Gasteiger partial charge in [-0.05, 0) is 31.2 Å². The molecule has 0 radical (unpaired) electrons. The predicted molar refractivity (Wildman–Crippen MR) is 61.5 cm³/mol. The van der Waals surface area contributed by atoms with Crippen LogP contribution in [0.1, 0.15) is 16.1 Å². The Morgan fingerprint density at radius 1 is 1.35 bits per heavy atom. The number of carboxylic acids is 1. The lowest BCUT2D eigenvalue weighted by atomic mass is 10.2. The minimum Gasteiger partial charge on any atom is -0.477 e. The summed E-state index contributed by atoms with van der Waals surface area (Å²) in [7, 11) is 0. The highest BCUT2D eigenvalue weighted by Crippen LogP contribution is 2.08. The highest BCUT2D eigenvalue weighted by Gasteiger charge is 2.12. The van der Waals surface area contributed by atoms with Gasteiger partial charge in [-0.15, -0.1) is 0 Å². The molecule has 2 aromatic heterocycles. The fourth-order valence-electron chi connectivity index (χ4n) is 1.58. The second-order valence-electron chi connectivity index (χ2n) is 3.51. The van der Waals surface area contributed by atoms with Crippen molar-refractivity contribution in [1.82, 2.24) is 9.55 Å². The first kappa shape index (κ1) is 11.1. The van der Waals surface area contributed by atoms with E-state index in [-0.39, 0.29) is 5.56 Å². The molecule has 5 nitrogen and oxygen atoms in total. The van der Waals surface area contributed by atoms with Crippen molar-refractivity contribution in [3.8, 4) is 5.69 Å². The number of carbonyl (C=O) groups is 1. The Bertz CT molecular complexity index is 632. The number of rotatable bonds is 2. The van der Waals surface area contributed by atoms with Gasteiger partial charge in [-0.3, -0.25) is 14.3 Å². The predicted octanol–water partition coefficient (Wildman–Crippen LogP) is 1.24. The Morgan fingerprint density at radius 3 is 2.76 bits per heavy atom. The monoisotopic (exact) mass is 230 g/mol. The van der Waals surface area contributed by atoms with Crippen LogP contribution in [0, 0.1) is 6.92 Å². The lowest BCUT2D eigenvalue weighted by molar-refractivity contribution is 0.0694. The average Bonchev–Trinajstić information content (AvgIpc) is 2.30. The molecule has 2 aromatic rings. The number of aryl methyl sites for hydroxylation is 1. The quantitative estimate of drug-likeness (QED) is 0.842. The third kappa shape index (κ3) is 1.94. The van der Waals surface area contributed by atoms with E-state index < -0.39 is 11.5 Å². The van der Waals surface area contributed by atoms with Gasteiger partial charge in [0, 0.05) is 12.4 Å². The largest absolute Gasteiger partial charge is 0.477 e. The molecular weight excluding hydrogens is 220 g/mol. The fraction of sp³-hybridized carbons (Fsp3) is 0.0833. The second kappa shape index (κ2) is 4.21. The van der Waals surface area contributed by atoms with Crippen molar-refractivity contribution in [3.05, 3.63) is 58.3 Å². The average molecular weight is 230 g/mol. The van der Waals surface area contributed by atoms with E-state index in [2.05, 4.69) is 4.98 Å².